The highest BCUT2D eigenvalue weighted by Crippen LogP contribution is 2.40. The zero-order chi connectivity index (χ0) is 13.8. The van der Waals surface area contributed by atoms with Crippen molar-refractivity contribution in [3.05, 3.63) is 0 Å². The van der Waals surface area contributed by atoms with Crippen LogP contribution < -0.4 is 5.32 Å². The minimum atomic E-state index is -0.919. The first kappa shape index (κ1) is 15.4. The van der Waals surface area contributed by atoms with Crippen molar-refractivity contribution >= 4 is 5.97 Å². The second-order valence-electron chi connectivity index (χ2n) is 5.57. The molecule has 0 aromatic rings. The normalized spacial score (nSPS) is 19.6. The lowest BCUT2D eigenvalue weighted by Crippen LogP contribution is -2.56. The Morgan fingerprint density at radius 2 is 2.06 bits per heavy atom. The summed E-state index contributed by atoms with van der Waals surface area (Å²) in [6.45, 7) is 4.69. The molecular weight excluding hydrogens is 234 g/mol. The van der Waals surface area contributed by atoms with Gasteiger partial charge in [0.1, 0.15) is 5.54 Å². The molecule has 0 saturated heterocycles. The Hall–Kier alpha value is -0.650. The van der Waals surface area contributed by atoms with Gasteiger partial charge in [0.2, 0.25) is 0 Å². The van der Waals surface area contributed by atoms with Crippen molar-refractivity contribution in [3.63, 3.8) is 0 Å². The van der Waals surface area contributed by atoms with E-state index >= 15 is 0 Å². The lowest BCUT2D eigenvalue weighted by atomic mass is 9.94. The van der Waals surface area contributed by atoms with E-state index in [2.05, 4.69) is 5.32 Å². The van der Waals surface area contributed by atoms with Gasteiger partial charge in [-0.25, -0.2) is 0 Å². The van der Waals surface area contributed by atoms with Crippen LogP contribution in [-0.4, -0.2) is 49.6 Å². The molecule has 1 unspecified atom stereocenters. The fourth-order valence-electron chi connectivity index (χ4n) is 1.97. The van der Waals surface area contributed by atoms with E-state index in [1.807, 2.05) is 13.8 Å². The van der Waals surface area contributed by atoms with Gasteiger partial charge >= 0.3 is 5.97 Å². The van der Waals surface area contributed by atoms with Crippen molar-refractivity contribution in [2.24, 2.45) is 5.92 Å². The summed E-state index contributed by atoms with van der Waals surface area (Å²) < 4.78 is 10.9. The van der Waals surface area contributed by atoms with Crippen LogP contribution in [0.25, 0.3) is 0 Å². The monoisotopic (exact) mass is 259 g/mol. The van der Waals surface area contributed by atoms with Crippen molar-refractivity contribution in [2.45, 2.75) is 44.2 Å². The third-order valence-corrected chi connectivity index (χ3v) is 3.83. The van der Waals surface area contributed by atoms with Gasteiger partial charge in [-0.1, -0.05) is 0 Å². The fraction of sp³-hybridized carbons (Fsp3) is 0.923. The molecule has 0 radical (unpaired) electrons. The summed E-state index contributed by atoms with van der Waals surface area (Å²) in [6, 6.07) is 0. The van der Waals surface area contributed by atoms with Gasteiger partial charge in [0.05, 0.1) is 12.2 Å². The fourth-order valence-corrected chi connectivity index (χ4v) is 1.97. The van der Waals surface area contributed by atoms with E-state index in [0.717, 1.165) is 19.3 Å². The minimum absolute atomic E-state index is 0.190. The van der Waals surface area contributed by atoms with Crippen molar-refractivity contribution in [2.75, 3.05) is 27.4 Å². The largest absolute Gasteiger partial charge is 0.480 e. The molecule has 1 rings (SSSR count). The third kappa shape index (κ3) is 3.67. The molecule has 1 atom stereocenters. The average molecular weight is 259 g/mol. The highest BCUT2D eigenvalue weighted by molar-refractivity contribution is 5.80. The van der Waals surface area contributed by atoms with Gasteiger partial charge in [0.15, 0.2) is 0 Å². The number of likely N-dealkylation sites (N-methyl/N-ethyl adjacent to an activating group) is 1. The van der Waals surface area contributed by atoms with E-state index in [0.29, 0.717) is 6.61 Å². The quantitative estimate of drug-likeness (QED) is 0.610. The lowest BCUT2D eigenvalue weighted by molar-refractivity contribution is -0.149. The zero-order valence-electron chi connectivity index (χ0n) is 11.8. The van der Waals surface area contributed by atoms with Crippen LogP contribution in [0.2, 0.25) is 0 Å². The molecule has 18 heavy (non-hydrogen) atoms. The Kier molecular flexibility index (Phi) is 5.13. The molecule has 1 fully saturated rings. The number of carboxylic acid groups (broad SMARTS) is 1. The zero-order valence-corrected chi connectivity index (χ0v) is 11.8. The Morgan fingerprint density at radius 1 is 1.44 bits per heavy atom. The first-order valence-corrected chi connectivity index (χ1v) is 6.43. The Bertz CT molecular complexity index is 289. The first-order chi connectivity index (χ1) is 8.38. The second-order valence-corrected chi connectivity index (χ2v) is 5.57. The van der Waals surface area contributed by atoms with Crippen LogP contribution in [0.1, 0.15) is 33.1 Å². The van der Waals surface area contributed by atoms with Crippen LogP contribution in [0.4, 0.5) is 0 Å². The van der Waals surface area contributed by atoms with Crippen molar-refractivity contribution < 1.29 is 19.4 Å². The number of carbonyl (C=O) groups is 1. The molecule has 0 amide bonds. The van der Waals surface area contributed by atoms with Crippen molar-refractivity contribution in [3.8, 4) is 0 Å². The molecular formula is C13H25NO4. The molecule has 0 aliphatic heterocycles. The van der Waals surface area contributed by atoms with Crippen LogP contribution in [0, 0.1) is 5.92 Å². The SMILES string of the molecule is CNC(COCCC(C)(C)OC)(C(=O)O)C1CC1. The van der Waals surface area contributed by atoms with E-state index in [1.165, 1.54) is 0 Å². The Balaban J connectivity index is 2.42. The first-order valence-electron chi connectivity index (χ1n) is 6.43. The number of hydrogen-bond donors (Lipinski definition) is 2. The number of aliphatic carboxylic acids is 1. The summed E-state index contributed by atoms with van der Waals surface area (Å²) in [4.78, 5) is 11.4. The number of hydrogen-bond acceptors (Lipinski definition) is 4. The Labute approximate surface area is 109 Å². The third-order valence-electron chi connectivity index (χ3n) is 3.83. The number of nitrogens with one attached hydrogen (secondary N) is 1. The molecule has 1 aliphatic rings. The molecule has 5 heteroatoms. The van der Waals surface area contributed by atoms with Crippen LogP contribution in [0.15, 0.2) is 0 Å². The molecule has 5 nitrogen and oxygen atoms in total. The van der Waals surface area contributed by atoms with Gasteiger partial charge in [-0.05, 0) is 46.1 Å². The van der Waals surface area contributed by atoms with E-state index < -0.39 is 11.5 Å². The van der Waals surface area contributed by atoms with Gasteiger partial charge in [-0.15, -0.1) is 0 Å². The molecule has 0 heterocycles. The average Bonchev–Trinajstić information content (AvgIpc) is 3.13. The molecule has 106 valence electrons. The Morgan fingerprint density at radius 3 is 2.44 bits per heavy atom. The van der Waals surface area contributed by atoms with E-state index in [9.17, 15) is 9.90 Å². The summed E-state index contributed by atoms with van der Waals surface area (Å²) in [5, 5.41) is 12.3. The standard InChI is InChI=1S/C13H25NO4/c1-12(2,17-4)7-8-18-9-13(14-3,11(15)16)10-5-6-10/h10,14H,5-9H2,1-4H3,(H,15,16). The van der Waals surface area contributed by atoms with Crippen LogP contribution in [-0.2, 0) is 14.3 Å². The molecule has 0 spiro atoms. The summed E-state index contributed by atoms with van der Waals surface area (Å²) in [6.07, 6.45) is 2.66. The molecule has 1 saturated carbocycles. The maximum atomic E-state index is 11.4. The van der Waals surface area contributed by atoms with Gasteiger partial charge in [-0.2, -0.15) is 0 Å². The van der Waals surface area contributed by atoms with Crippen LogP contribution >= 0.6 is 0 Å². The molecule has 0 aromatic heterocycles. The van der Waals surface area contributed by atoms with Crippen LogP contribution in [0.3, 0.4) is 0 Å². The minimum Gasteiger partial charge on any atom is -0.480 e. The van der Waals surface area contributed by atoms with E-state index in [4.69, 9.17) is 9.47 Å². The number of carboxylic acids is 1. The van der Waals surface area contributed by atoms with Gasteiger partial charge in [-0.3, -0.25) is 4.79 Å². The summed E-state index contributed by atoms with van der Waals surface area (Å²) in [5.74, 6) is -0.631. The van der Waals surface area contributed by atoms with Gasteiger partial charge < -0.3 is 19.9 Å². The van der Waals surface area contributed by atoms with E-state index in [-0.39, 0.29) is 18.1 Å². The highest BCUT2D eigenvalue weighted by Gasteiger charge is 2.50. The van der Waals surface area contributed by atoms with Crippen molar-refractivity contribution in [1.82, 2.24) is 5.32 Å². The number of rotatable bonds is 9. The maximum Gasteiger partial charge on any atom is 0.326 e. The predicted molar refractivity (Wildman–Crippen MR) is 68.7 cm³/mol. The smallest absolute Gasteiger partial charge is 0.326 e. The number of methoxy groups -OCH3 is 1. The maximum absolute atomic E-state index is 11.4. The predicted octanol–water partition coefficient (Wildman–Crippen LogP) is 1.27. The summed E-state index contributed by atoms with van der Waals surface area (Å²) in [5.41, 5.74) is -1.15. The van der Waals surface area contributed by atoms with Gasteiger partial charge in [0.25, 0.3) is 0 Å². The molecule has 0 aromatic carbocycles. The topological polar surface area (TPSA) is 67.8 Å². The highest BCUT2D eigenvalue weighted by atomic mass is 16.5. The van der Waals surface area contributed by atoms with Crippen LogP contribution in [0.5, 0.6) is 0 Å². The molecule has 1 aliphatic carbocycles. The van der Waals surface area contributed by atoms with Crippen molar-refractivity contribution in [1.29, 1.82) is 0 Å². The second kappa shape index (κ2) is 5.99. The number of ether oxygens (including phenoxy) is 2. The van der Waals surface area contributed by atoms with E-state index in [1.54, 1.807) is 14.2 Å². The lowest BCUT2D eigenvalue weighted by Gasteiger charge is -2.29. The summed E-state index contributed by atoms with van der Waals surface area (Å²) >= 11 is 0. The van der Waals surface area contributed by atoms with Gasteiger partial charge in [0, 0.05) is 13.7 Å². The molecule has 0 bridgehead atoms. The summed E-state index contributed by atoms with van der Waals surface area (Å²) in [7, 11) is 3.36. The molecule has 2 N–H and O–H groups in total.